The predicted molar refractivity (Wildman–Crippen MR) is 50.9 cm³/mol. The van der Waals surface area contributed by atoms with Crippen LogP contribution in [0.3, 0.4) is 0 Å². The molecule has 0 heterocycles. The number of hydrogen-bond acceptors (Lipinski definition) is 2. The molecule has 16 heavy (non-hydrogen) atoms. The standard InChI is InChI=1S/C9H9F3N2O2/c10-9(11,12)14(8(15)16)7-3-1-2-6(4-7)5-13/h1-4H,5,13H2,(H,15,16). The van der Waals surface area contributed by atoms with Crippen LogP contribution in [0.5, 0.6) is 0 Å². The summed E-state index contributed by atoms with van der Waals surface area (Å²) in [5.74, 6) is 0. The van der Waals surface area contributed by atoms with Gasteiger partial charge in [0.15, 0.2) is 0 Å². The second kappa shape index (κ2) is 4.40. The van der Waals surface area contributed by atoms with Crippen molar-refractivity contribution in [3.05, 3.63) is 29.8 Å². The summed E-state index contributed by atoms with van der Waals surface area (Å²) in [7, 11) is 0. The van der Waals surface area contributed by atoms with Gasteiger partial charge in [-0.1, -0.05) is 12.1 Å². The summed E-state index contributed by atoms with van der Waals surface area (Å²) in [4.78, 5) is 9.86. The molecule has 0 unspecified atom stereocenters. The van der Waals surface area contributed by atoms with Crippen LogP contribution < -0.4 is 10.6 Å². The van der Waals surface area contributed by atoms with Crippen molar-refractivity contribution in [1.29, 1.82) is 0 Å². The number of anilines is 1. The van der Waals surface area contributed by atoms with Gasteiger partial charge in [0.1, 0.15) is 0 Å². The van der Waals surface area contributed by atoms with Gasteiger partial charge in [-0.2, -0.15) is 4.90 Å². The van der Waals surface area contributed by atoms with Gasteiger partial charge < -0.3 is 10.8 Å². The maximum absolute atomic E-state index is 12.4. The van der Waals surface area contributed by atoms with E-state index in [1.807, 2.05) is 0 Å². The summed E-state index contributed by atoms with van der Waals surface area (Å²) in [6, 6.07) is 4.97. The van der Waals surface area contributed by atoms with Crippen molar-refractivity contribution in [3.8, 4) is 0 Å². The Morgan fingerprint density at radius 1 is 1.44 bits per heavy atom. The molecule has 0 aromatic heterocycles. The van der Waals surface area contributed by atoms with Crippen molar-refractivity contribution >= 4 is 11.8 Å². The number of halogens is 3. The predicted octanol–water partition coefficient (Wildman–Crippen LogP) is 2.15. The summed E-state index contributed by atoms with van der Waals surface area (Å²) in [6.45, 7) is 0.0408. The summed E-state index contributed by atoms with van der Waals surface area (Å²) < 4.78 is 37.2. The third kappa shape index (κ3) is 2.63. The Balaban J connectivity index is 3.16. The highest BCUT2D eigenvalue weighted by molar-refractivity contribution is 5.86. The minimum atomic E-state index is -4.97. The number of hydrogen-bond donors (Lipinski definition) is 2. The van der Waals surface area contributed by atoms with Gasteiger partial charge in [0, 0.05) is 6.54 Å². The van der Waals surface area contributed by atoms with E-state index in [4.69, 9.17) is 10.8 Å². The molecular weight excluding hydrogens is 225 g/mol. The molecule has 0 saturated heterocycles. The molecule has 1 rings (SSSR count). The average Bonchev–Trinajstić information content (AvgIpc) is 2.15. The largest absolute Gasteiger partial charge is 0.494 e. The van der Waals surface area contributed by atoms with Crippen LogP contribution in [0.25, 0.3) is 0 Å². The number of amides is 1. The monoisotopic (exact) mass is 234 g/mol. The lowest BCUT2D eigenvalue weighted by Gasteiger charge is -2.22. The minimum Gasteiger partial charge on any atom is -0.464 e. The van der Waals surface area contributed by atoms with Gasteiger partial charge in [-0.15, -0.1) is 13.2 Å². The van der Waals surface area contributed by atoms with Crippen molar-refractivity contribution in [3.63, 3.8) is 0 Å². The topological polar surface area (TPSA) is 66.6 Å². The highest BCUT2D eigenvalue weighted by Crippen LogP contribution is 2.28. The number of nitrogens with zero attached hydrogens (tertiary/aromatic N) is 1. The Kier molecular flexibility index (Phi) is 3.38. The van der Waals surface area contributed by atoms with Crippen LogP contribution in [0.1, 0.15) is 5.56 Å². The van der Waals surface area contributed by atoms with Crippen LogP contribution in [0, 0.1) is 0 Å². The summed E-state index contributed by atoms with van der Waals surface area (Å²) >= 11 is 0. The van der Waals surface area contributed by atoms with Gasteiger partial charge in [-0.25, -0.2) is 4.79 Å². The maximum Gasteiger partial charge on any atom is 0.494 e. The zero-order chi connectivity index (χ0) is 12.3. The molecule has 0 saturated carbocycles. The van der Waals surface area contributed by atoms with Crippen molar-refractivity contribution in [1.82, 2.24) is 0 Å². The van der Waals surface area contributed by atoms with Gasteiger partial charge in [-0.05, 0) is 17.7 Å². The zero-order valence-electron chi connectivity index (χ0n) is 8.03. The maximum atomic E-state index is 12.4. The lowest BCUT2D eigenvalue weighted by atomic mass is 10.2. The number of benzene rings is 1. The highest BCUT2D eigenvalue weighted by atomic mass is 19.4. The molecule has 3 N–H and O–H groups in total. The minimum absolute atomic E-state index is 0.0408. The first-order chi connectivity index (χ1) is 7.36. The second-order valence-corrected chi connectivity index (χ2v) is 2.96. The van der Waals surface area contributed by atoms with E-state index in [0.29, 0.717) is 5.56 Å². The summed E-state index contributed by atoms with van der Waals surface area (Å²) in [5.41, 5.74) is 5.21. The zero-order valence-corrected chi connectivity index (χ0v) is 8.03. The molecule has 4 nitrogen and oxygen atoms in total. The van der Waals surface area contributed by atoms with Crippen LogP contribution in [0.4, 0.5) is 23.7 Å². The average molecular weight is 234 g/mol. The molecular formula is C9H9F3N2O2. The van der Waals surface area contributed by atoms with Crippen LogP contribution in [0.2, 0.25) is 0 Å². The van der Waals surface area contributed by atoms with Crippen molar-refractivity contribution < 1.29 is 23.1 Å². The van der Waals surface area contributed by atoms with E-state index in [9.17, 15) is 18.0 Å². The van der Waals surface area contributed by atoms with E-state index >= 15 is 0 Å². The summed E-state index contributed by atoms with van der Waals surface area (Å²) in [6.07, 6.45) is -7.05. The Morgan fingerprint density at radius 2 is 2.06 bits per heavy atom. The van der Waals surface area contributed by atoms with Gasteiger partial charge in [0.2, 0.25) is 0 Å². The highest BCUT2D eigenvalue weighted by Gasteiger charge is 2.42. The number of nitrogens with two attached hydrogens (primary N) is 1. The van der Waals surface area contributed by atoms with Gasteiger partial charge >= 0.3 is 12.4 Å². The van der Waals surface area contributed by atoms with Crippen molar-refractivity contribution in [2.24, 2.45) is 5.73 Å². The first kappa shape index (κ1) is 12.3. The van der Waals surface area contributed by atoms with Crippen molar-refractivity contribution in [2.75, 3.05) is 4.90 Å². The van der Waals surface area contributed by atoms with E-state index in [-0.39, 0.29) is 6.54 Å². The molecule has 7 heteroatoms. The van der Waals surface area contributed by atoms with Gasteiger partial charge in [0.25, 0.3) is 0 Å². The smallest absolute Gasteiger partial charge is 0.464 e. The molecule has 0 spiro atoms. The third-order valence-electron chi connectivity index (χ3n) is 1.85. The quantitative estimate of drug-likeness (QED) is 0.770. The number of carbonyl (C=O) groups is 1. The lowest BCUT2D eigenvalue weighted by molar-refractivity contribution is -0.123. The molecule has 88 valence electrons. The molecule has 1 aromatic rings. The molecule has 0 fully saturated rings. The van der Waals surface area contributed by atoms with Gasteiger partial charge in [-0.3, -0.25) is 0 Å². The molecule has 0 aliphatic heterocycles. The Hall–Kier alpha value is -1.76. The number of alkyl halides is 3. The molecule has 1 aromatic carbocycles. The van der Waals surface area contributed by atoms with Gasteiger partial charge in [0.05, 0.1) is 5.69 Å². The number of carboxylic acid groups (broad SMARTS) is 1. The van der Waals surface area contributed by atoms with Crippen LogP contribution in [-0.2, 0) is 6.54 Å². The molecule has 0 aliphatic rings. The fourth-order valence-electron chi connectivity index (χ4n) is 1.19. The normalized spacial score (nSPS) is 11.2. The molecule has 0 aliphatic carbocycles. The lowest BCUT2D eigenvalue weighted by Crippen LogP contribution is -2.42. The Bertz CT molecular complexity index is 393. The second-order valence-electron chi connectivity index (χ2n) is 2.96. The molecule has 0 radical (unpaired) electrons. The summed E-state index contributed by atoms with van der Waals surface area (Å²) in [5, 5.41) is 8.50. The number of rotatable bonds is 2. The Labute approximate surface area is 89.1 Å². The fourth-order valence-corrected chi connectivity index (χ4v) is 1.19. The van der Waals surface area contributed by atoms with E-state index < -0.39 is 23.0 Å². The van der Waals surface area contributed by atoms with E-state index in [1.54, 1.807) is 0 Å². The van der Waals surface area contributed by atoms with E-state index in [1.165, 1.54) is 12.1 Å². The van der Waals surface area contributed by atoms with Crippen LogP contribution >= 0.6 is 0 Å². The molecule has 0 bridgehead atoms. The van der Waals surface area contributed by atoms with Crippen LogP contribution in [-0.4, -0.2) is 17.5 Å². The molecule has 0 atom stereocenters. The van der Waals surface area contributed by atoms with Crippen molar-refractivity contribution in [2.45, 2.75) is 12.8 Å². The first-order valence-electron chi connectivity index (χ1n) is 4.25. The Morgan fingerprint density at radius 3 is 2.50 bits per heavy atom. The van der Waals surface area contributed by atoms with E-state index in [0.717, 1.165) is 12.1 Å². The SMILES string of the molecule is NCc1cccc(N(C(=O)O)C(F)(F)F)c1. The fraction of sp³-hybridized carbons (Fsp3) is 0.222. The molecule has 1 amide bonds. The third-order valence-corrected chi connectivity index (χ3v) is 1.85. The first-order valence-corrected chi connectivity index (χ1v) is 4.25. The van der Waals surface area contributed by atoms with Crippen LogP contribution in [0.15, 0.2) is 24.3 Å². The van der Waals surface area contributed by atoms with E-state index in [2.05, 4.69) is 0 Å².